The predicted octanol–water partition coefficient (Wildman–Crippen LogP) is 0.0944. The van der Waals surface area contributed by atoms with Gasteiger partial charge >= 0.3 is 6.09 Å². The molecule has 7 heteroatoms. The first-order valence-electron chi connectivity index (χ1n) is 7.79. The first-order valence-corrected chi connectivity index (χ1v) is 7.79. The van der Waals surface area contributed by atoms with Crippen LogP contribution in [0.5, 0.6) is 0 Å². The molecule has 23 heavy (non-hydrogen) atoms. The lowest BCUT2D eigenvalue weighted by Gasteiger charge is -2.25. The van der Waals surface area contributed by atoms with Crippen molar-refractivity contribution in [1.82, 2.24) is 16.0 Å². The molecule has 1 fully saturated rings. The van der Waals surface area contributed by atoms with E-state index in [1.165, 1.54) is 0 Å². The number of carbonyl (C=O) groups is 2. The molecule has 2 unspecified atom stereocenters. The minimum absolute atomic E-state index is 0.264. The smallest absolute Gasteiger partial charge is 0.405 e. The van der Waals surface area contributed by atoms with Crippen molar-refractivity contribution in [1.29, 1.82) is 0 Å². The Morgan fingerprint density at radius 2 is 2.04 bits per heavy atom. The molecule has 5 N–H and O–H groups in total. The number of hydrogen-bond donors (Lipinski definition) is 5. The summed E-state index contributed by atoms with van der Waals surface area (Å²) in [6.07, 6.45) is -0.157. The molecule has 126 valence electrons. The average molecular weight is 321 g/mol. The summed E-state index contributed by atoms with van der Waals surface area (Å²) >= 11 is 0. The van der Waals surface area contributed by atoms with E-state index in [1.54, 1.807) is 0 Å². The number of hydrogen-bond acceptors (Lipinski definition) is 4. The number of amides is 2. The van der Waals surface area contributed by atoms with Crippen LogP contribution in [0.4, 0.5) is 4.79 Å². The number of β-amino-alcohol motifs (C(OH)–C–C–N with tert-alkyl or cyclic N) is 1. The fraction of sp³-hybridized carbons (Fsp3) is 0.500. The normalized spacial score (nSPS) is 22.7. The topological polar surface area (TPSA) is 111 Å². The van der Waals surface area contributed by atoms with Crippen LogP contribution < -0.4 is 16.0 Å². The molecule has 1 aliphatic rings. The molecule has 0 bridgehead atoms. The van der Waals surface area contributed by atoms with E-state index < -0.39 is 24.1 Å². The van der Waals surface area contributed by atoms with Crippen LogP contribution in [0, 0.1) is 0 Å². The van der Waals surface area contributed by atoms with Gasteiger partial charge in [0.25, 0.3) is 0 Å². The van der Waals surface area contributed by atoms with E-state index in [0.29, 0.717) is 13.0 Å². The molecule has 0 saturated carbocycles. The Labute approximate surface area is 135 Å². The summed E-state index contributed by atoms with van der Waals surface area (Å²) in [6.45, 7) is 1.21. The van der Waals surface area contributed by atoms with Gasteiger partial charge in [0.05, 0.1) is 12.1 Å². The van der Waals surface area contributed by atoms with Crippen molar-refractivity contribution in [3.63, 3.8) is 0 Å². The van der Waals surface area contributed by atoms with Gasteiger partial charge in [0, 0.05) is 13.0 Å². The Hall–Kier alpha value is -2.12. The van der Waals surface area contributed by atoms with E-state index in [1.807, 2.05) is 30.3 Å². The summed E-state index contributed by atoms with van der Waals surface area (Å²) in [6, 6.07) is 7.96. The lowest BCUT2D eigenvalue weighted by atomic mass is 10.0. The zero-order chi connectivity index (χ0) is 16.7. The van der Waals surface area contributed by atoms with Crippen molar-refractivity contribution < 1.29 is 19.8 Å². The number of carboxylic acid groups (broad SMARTS) is 1. The van der Waals surface area contributed by atoms with Gasteiger partial charge < -0.3 is 26.2 Å². The van der Waals surface area contributed by atoms with Crippen LogP contribution in [-0.2, 0) is 11.2 Å². The molecule has 7 nitrogen and oxygen atoms in total. The Kier molecular flexibility index (Phi) is 6.37. The molecule has 2 amide bonds. The molecule has 3 atom stereocenters. The first-order chi connectivity index (χ1) is 11.1. The van der Waals surface area contributed by atoms with Crippen LogP contribution in [0.2, 0.25) is 0 Å². The Balaban J connectivity index is 2.02. The van der Waals surface area contributed by atoms with Gasteiger partial charge in [0.1, 0.15) is 6.04 Å². The van der Waals surface area contributed by atoms with E-state index in [4.69, 9.17) is 5.11 Å². The molecule has 0 aromatic heterocycles. The van der Waals surface area contributed by atoms with E-state index >= 15 is 0 Å². The molecule has 0 radical (unpaired) electrons. The third kappa shape index (κ3) is 5.54. The van der Waals surface area contributed by atoms with Crippen LogP contribution in [0.15, 0.2) is 30.3 Å². The molecular formula is C16H23N3O4. The maximum atomic E-state index is 12.4. The molecule has 0 aliphatic carbocycles. The maximum absolute atomic E-state index is 12.4. The quantitative estimate of drug-likeness (QED) is 0.528. The Morgan fingerprint density at radius 3 is 2.74 bits per heavy atom. The number of aliphatic hydroxyl groups excluding tert-OH is 1. The zero-order valence-corrected chi connectivity index (χ0v) is 12.9. The fourth-order valence-corrected chi connectivity index (χ4v) is 2.69. The van der Waals surface area contributed by atoms with Crippen LogP contribution in [0.25, 0.3) is 0 Å². The number of nitrogens with one attached hydrogen (secondary N) is 3. The number of carbonyl (C=O) groups excluding carboxylic acids is 1. The van der Waals surface area contributed by atoms with Gasteiger partial charge in [-0.15, -0.1) is 0 Å². The second-order valence-corrected chi connectivity index (χ2v) is 5.72. The molecule has 2 rings (SSSR count). The third-order valence-electron chi connectivity index (χ3n) is 3.91. The van der Waals surface area contributed by atoms with Gasteiger partial charge in [-0.1, -0.05) is 30.3 Å². The van der Waals surface area contributed by atoms with Gasteiger partial charge in [-0.2, -0.15) is 0 Å². The molecular weight excluding hydrogens is 298 g/mol. The van der Waals surface area contributed by atoms with Crippen molar-refractivity contribution in [2.45, 2.75) is 37.5 Å². The van der Waals surface area contributed by atoms with Crippen molar-refractivity contribution >= 4 is 12.0 Å². The second-order valence-electron chi connectivity index (χ2n) is 5.72. The molecule has 0 spiro atoms. The lowest BCUT2D eigenvalue weighted by Crippen LogP contribution is -2.53. The van der Waals surface area contributed by atoms with Gasteiger partial charge in [-0.3, -0.25) is 4.79 Å². The standard InChI is InChI=1S/C16H23N3O4/c20-14-10-17-8-4-7-12(14)18-15(21)13(19-16(22)23)9-11-5-2-1-3-6-11/h1-3,5-6,12-14,17,19-20H,4,7-10H2,(H,18,21)(H,22,23)/t12?,13?,14-/m0/s1. The van der Waals surface area contributed by atoms with Gasteiger partial charge in [0.2, 0.25) is 5.91 Å². The molecule has 1 aromatic rings. The first kappa shape index (κ1) is 17.2. The van der Waals surface area contributed by atoms with Crippen molar-refractivity contribution in [3.8, 4) is 0 Å². The van der Waals surface area contributed by atoms with Crippen molar-refractivity contribution in [3.05, 3.63) is 35.9 Å². The molecule has 1 aromatic carbocycles. The summed E-state index contributed by atoms with van der Waals surface area (Å²) in [7, 11) is 0. The summed E-state index contributed by atoms with van der Waals surface area (Å²) in [5, 5.41) is 27.1. The lowest BCUT2D eigenvalue weighted by molar-refractivity contribution is -0.124. The van der Waals surface area contributed by atoms with Crippen LogP contribution >= 0.6 is 0 Å². The Morgan fingerprint density at radius 1 is 1.30 bits per heavy atom. The van der Waals surface area contributed by atoms with E-state index in [2.05, 4.69) is 16.0 Å². The maximum Gasteiger partial charge on any atom is 0.405 e. The SMILES string of the molecule is O=C(O)NC(Cc1ccccc1)C(=O)NC1CCCNC[C@@H]1O. The highest BCUT2D eigenvalue weighted by Crippen LogP contribution is 2.08. The summed E-state index contributed by atoms with van der Waals surface area (Å²) in [5.74, 6) is -0.415. The second kappa shape index (κ2) is 8.50. The van der Waals surface area contributed by atoms with E-state index in [9.17, 15) is 14.7 Å². The highest BCUT2D eigenvalue weighted by Gasteiger charge is 2.27. The van der Waals surface area contributed by atoms with Gasteiger partial charge in [-0.25, -0.2) is 4.79 Å². The van der Waals surface area contributed by atoms with Crippen LogP contribution in [-0.4, -0.2) is 53.5 Å². The molecule has 1 saturated heterocycles. The average Bonchev–Trinajstić information content (AvgIpc) is 2.72. The van der Waals surface area contributed by atoms with Crippen LogP contribution in [0.1, 0.15) is 18.4 Å². The summed E-state index contributed by atoms with van der Waals surface area (Å²) in [4.78, 5) is 23.4. The largest absolute Gasteiger partial charge is 0.465 e. The summed E-state index contributed by atoms with van der Waals surface area (Å²) < 4.78 is 0. The molecule has 1 aliphatic heterocycles. The van der Waals surface area contributed by atoms with Crippen molar-refractivity contribution in [2.75, 3.05) is 13.1 Å². The fourth-order valence-electron chi connectivity index (χ4n) is 2.69. The minimum atomic E-state index is -1.25. The summed E-state index contributed by atoms with van der Waals surface area (Å²) in [5.41, 5.74) is 0.865. The number of rotatable bonds is 5. The highest BCUT2D eigenvalue weighted by molar-refractivity contribution is 5.85. The zero-order valence-electron chi connectivity index (χ0n) is 12.9. The van der Waals surface area contributed by atoms with E-state index in [0.717, 1.165) is 18.5 Å². The third-order valence-corrected chi connectivity index (χ3v) is 3.91. The van der Waals surface area contributed by atoms with Crippen molar-refractivity contribution in [2.24, 2.45) is 0 Å². The monoisotopic (exact) mass is 321 g/mol. The number of benzene rings is 1. The van der Waals surface area contributed by atoms with E-state index in [-0.39, 0.29) is 12.5 Å². The van der Waals surface area contributed by atoms with Crippen LogP contribution in [0.3, 0.4) is 0 Å². The van der Waals surface area contributed by atoms with Gasteiger partial charge in [-0.05, 0) is 24.9 Å². The van der Waals surface area contributed by atoms with Gasteiger partial charge in [0.15, 0.2) is 0 Å². The Bertz CT molecular complexity index is 523. The molecule has 1 heterocycles. The highest BCUT2D eigenvalue weighted by atomic mass is 16.4. The predicted molar refractivity (Wildman–Crippen MR) is 85.1 cm³/mol. The number of aliphatic hydroxyl groups is 1. The minimum Gasteiger partial charge on any atom is -0.465 e.